The smallest absolute Gasteiger partial charge is 0.272 e. The second-order valence-electron chi connectivity index (χ2n) is 10.6. The van der Waals surface area contributed by atoms with Crippen molar-refractivity contribution >= 4 is 21.7 Å². The van der Waals surface area contributed by atoms with Gasteiger partial charge in [0.2, 0.25) is 6.36 Å². The van der Waals surface area contributed by atoms with Gasteiger partial charge in [-0.1, -0.05) is 12.1 Å². The summed E-state index contributed by atoms with van der Waals surface area (Å²) >= 11 is 0. The standard InChI is InChI=1S/C26H32FN5O6S/c1-25(2,16-38-20(27)14-33)39(36,37)26(9-10-26)15-32-11-8-19-21(30-31(3)22(19)24(32)35)23(34)29-13-18-6-4-17(12-28)5-7-18/h4-7,20,33H,8-11,13-16H2,1-3H3,(H,29,34). The average Bonchev–Trinajstić information content (AvgIpc) is 3.63. The summed E-state index contributed by atoms with van der Waals surface area (Å²) in [5.41, 5.74) is 2.21. The molecule has 2 amide bonds. The van der Waals surface area contributed by atoms with Gasteiger partial charge < -0.3 is 20.1 Å². The fourth-order valence-electron chi connectivity index (χ4n) is 4.87. The Kier molecular flexibility index (Phi) is 7.84. The summed E-state index contributed by atoms with van der Waals surface area (Å²) in [4.78, 5) is 27.9. The van der Waals surface area contributed by atoms with Gasteiger partial charge in [-0.25, -0.2) is 12.8 Å². The van der Waals surface area contributed by atoms with Crippen molar-refractivity contribution in [3.63, 3.8) is 0 Å². The summed E-state index contributed by atoms with van der Waals surface area (Å²) in [6.07, 6.45) is -0.917. The zero-order valence-corrected chi connectivity index (χ0v) is 22.9. The molecular formula is C26H32FN5O6S. The maximum absolute atomic E-state index is 13.6. The normalized spacial score (nSPS) is 17.3. The number of sulfone groups is 1. The SMILES string of the molecule is Cn1nc(C(=O)NCc2ccc(C#N)cc2)c2c1C(=O)N(CC1(S(=O)(=O)C(C)(C)COC(F)CO)CC1)CC2. The molecule has 2 aliphatic rings. The van der Waals surface area contributed by atoms with Crippen LogP contribution in [0.5, 0.6) is 0 Å². The van der Waals surface area contributed by atoms with Gasteiger partial charge in [0.15, 0.2) is 15.5 Å². The number of nitrogens with one attached hydrogen (secondary N) is 1. The number of alkyl halides is 1. The van der Waals surface area contributed by atoms with Crippen molar-refractivity contribution in [1.29, 1.82) is 5.26 Å². The maximum Gasteiger partial charge on any atom is 0.272 e. The van der Waals surface area contributed by atoms with Crippen molar-refractivity contribution in [3.8, 4) is 6.07 Å². The summed E-state index contributed by atoms with van der Waals surface area (Å²) < 4.78 is 44.2. The number of ether oxygens (including phenoxy) is 1. The Bertz CT molecular complexity index is 1410. The van der Waals surface area contributed by atoms with Gasteiger partial charge in [-0.15, -0.1) is 0 Å². The van der Waals surface area contributed by atoms with Crippen LogP contribution in [0.3, 0.4) is 0 Å². The van der Waals surface area contributed by atoms with E-state index >= 15 is 0 Å². The zero-order chi connectivity index (χ0) is 28.6. The molecule has 39 heavy (non-hydrogen) atoms. The van der Waals surface area contributed by atoms with Crippen LogP contribution >= 0.6 is 0 Å². The lowest BCUT2D eigenvalue weighted by molar-refractivity contribution is -0.0752. The Hall–Kier alpha value is -3.34. The van der Waals surface area contributed by atoms with Crippen LogP contribution in [0.25, 0.3) is 0 Å². The van der Waals surface area contributed by atoms with E-state index in [1.807, 2.05) is 6.07 Å². The number of carbonyl (C=O) groups excluding carboxylic acids is 2. The molecule has 0 spiro atoms. The highest BCUT2D eigenvalue weighted by atomic mass is 32.2. The van der Waals surface area contributed by atoms with E-state index in [1.165, 1.54) is 23.4 Å². The Balaban J connectivity index is 1.46. The van der Waals surface area contributed by atoms with E-state index in [2.05, 4.69) is 10.4 Å². The van der Waals surface area contributed by atoms with Crippen molar-refractivity contribution in [1.82, 2.24) is 20.0 Å². The molecule has 2 heterocycles. The molecule has 2 aromatic rings. The van der Waals surface area contributed by atoms with Crippen molar-refractivity contribution in [2.75, 3.05) is 26.3 Å². The van der Waals surface area contributed by atoms with Crippen LogP contribution in [0.4, 0.5) is 4.39 Å². The Morgan fingerprint density at radius 3 is 2.59 bits per heavy atom. The Morgan fingerprint density at radius 1 is 1.33 bits per heavy atom. The highest BCUT2D eigenvalue weighted by Crippen LogP contribution is 2.49. The number of carbonyl (C=O) groups is 2. The minimum atomic E-state index is -3.86. The lowest BCUT2D eigenvalue weighted by Crippen LogP contribution is -2.52. The highest BCUT2D eigenvalue weighted by Gasteiger charge is 2.61. The summed E-state index contributed by atoms with van der Waals surface area (Å²) in [7, 11) is -2.29. The predicted molar refractivity (Wildman–Crippen MR) is 138 cm³/mol. The predicted octanol–water partition coefficient (Wildman–Crippen LogP) is 1.25. The number of hydrogen-bond acceptors (Lipinski definition) is 8. The molecule has 0 bridgehead atoms. The molecule has 1 saturated carbocycles. The molecule has 1 aromatic heterocycles. The number of fused-ring (bicyclic) bond motifs is 1. The van der Waals surface area contributed by atoms with Crippen molar-refractivity contribution < 1.29 is 32.2 Å². The molecule has 0 radical (unpaired) electrons. The molecule has 2 N–H and O–H groups in total. The highest BCUT2D eigenvalue weighted by molar-refractivity contribution is 7.94. The Labute approximate surface area is 226 Å². The monoisotopic (exact) mass is 561 g/mol. The van der Waals surface area contributed by atoms with E-state index in [0.29, 0.717) is 30.4 Å². The number of nitrogens with zero attached hydrogens (tertiary/aromatic N) is 4. The van der Waals surface area contributed by atoms with Crippen LogP contribution in [0, 0.1) is 11.3 Å². The molecule has 1 aromatic carbocycles. The number of hydrogen-bond donors (Lipinski definition) is 2. The van der Waals surface area contributed by atoms with Gasteiger partial charge in [0.25, 0.3) is 11.8 Å². The molecule has 0 saturated heterocycles. The van der Waals surface area contributed by atoms with E-state index in [1.54, 1.807) is 31.3 Å². The third kappa shape index (κ3) is 5.41. The largest absolute Gasteiger partial charge is 0.391 e. The van der Waals surface area contributed by atoms with Gasteiger partial charge >= 0.3 is 0 Å². The molecule has 1 aliphatic heterocycles. The van der Waals surface area contributed by atoms with E-state index in [-0.39, 0.29) is 31.0 Å². The van der Waals surface area contributed by atoms with Gasteiger partial charge in [0.1, 0.15) is 5.69 Å². The number of benzene rings is 1. The van der Waals surface area contributed by atoms with E-state index < -0.39 is 50.7 Å². The van der Waals surface area contributed by atoms with E-state index in [9.17, 15) is 22.4 Å². The number of aromatic nitrogens is 2. The van der Waals surface area contributed by atoms with Crippen LogP contribution in [0.2, 0.25) is 0 Å². The number of halogens is 1. The molecule has 210 valence electrons. The fraction of sp³-hybridized carbons (Fsp3) is 0.538. The average molecular weight is 562 g/mol. The molecule has 1 atom stereocenters. The summed E-state index contributed by atoms with van der Waals surface area (Å²) in [6.45, 7) is 2.02. The first kappa shape index (κ1) is 28.7. The minimum Gasteiger partial charge on any atom is -0.391 e. The fourth-order valence-corrected chi connectivity index (χ4v) is 7.23. The van der Waals surface area contributed by atoms with Crippen LogP contribution in [-0.4, -0.2) is 82.2 Å². The summed E-state index contributed by atoms with van der Waals surface area (Å²) in [5, 5.41) is 24.9. The first-order valence-corrected chi connectivity index (χ1v) is 14.1. The lowest BCUT2D eigenvalue weighted by Gasteiger charge is -2.35. The Morgan fingerprint density at radius 2 is 2.00 bits per heavy atom. The van der Waals surface area contributed by atoms with Crippen LogP contribution in [0.15, 0.2) is 24.3 Å². The maximum atomic E-state index is 13.6. The van der Waals surface area contributed by atoms with Crippen molar-refractivity contribution in [2.24, 2.45) is 7.05 Å². The van der Waals surface area contributed by atoms with Gasteiger partial charge in [-0.05, 0) is 50.8 Å². The molecular weight excluding hydrogens is 529 g/mol. The molecule has 13 heteroatoms. The number of aliphatic hydroxyl groups is 1. The van der Waals surface area contributed by atoms with Crippen molar-refractivity contribution in [2.45, 2.75) is 55.5 Å². The molecule has 1 aliphatic carbocycles. The first-order valence-electron chi connectivity index (χ1n) is 12.6. The quantitative estimate of drug-likeness (QED) is 0.415. The number of rotatable bonds is 11. The first-order chi connectivity index (χ1) is 18.4. The topological polar surface area (TPSA) is 155 Å². The number of aryl methyl sites for hydroxylation is 1. The minimum absolute atomic E-state index is 0.0263. The van der Waals surface area contributed by atoms with Crippen LogP contribution in [-0.2, 0) is 34.6 Å². The molecule has 1 unspecified atom stereocenters. The van der Waals surface area contributed by atoms with Gasteiger partial charge in [-0.3, -0.25) is 14.3 Å². The van der Waals surface area contributed by atoms with E-state index in [4.69, 9.17) is 15.1 Å². The third-order valence-electron chi connectivity index (χ3n) is 7.36. The van der Waals surface area contributed by atoms with E-state index in [0.717, 1.165) is 5.56 Å². The van der Waals surface area contributed by atoms with Gasteiger partial charge in [0.05, 0.1) is 34.3 Å². The number of aliphatic hydroxyl groups excluding tert-OH is 1. The molecule has 1 fully saturated rings. The third-order valence-corrected chi connectivity index (χ3v) is 10.6. The summed E-state index contributed by atoms with van der Waals surface area (Å²) in [5.74, 6) is -0.841. The number of amides is 2. The molecule has 4 rings (SSSR count). The second-order valence-corrected chi connectivity index (χ2v) is 13.6. The number of nitriles is 1. The zero-order valence-electron chi connectivity index (χ0n) is 22.1. The second kappa shape index (κ2) is 10.7. The lowest BCUT2D eigenvalue weighted by atomic mass is 10.0. The molecule has 11 nitrogen and oxygen atoms in total. The van der Waals surface area contributed by atoms with Gasteiger partial charge in [0, 0.05) is 32.2 Å². The van der Waals surface area contributed by atoms with Gasteiger partial charge in [-0.2, -0.15) is 10.4 Å². The van der Waals surface area contributed by atoms with Crippen molar-refractivity contribution in [3.05, 3.63) is 52.3 Å². The van der Waals surface area contributed by atoms with Crippen LogP contribution in [0.1, 0.15) is 64.4 Å². The summed E-state index contributed by atoms with van der Waals surface area (Å²) in [6, 6.07) is 8.84. The van der Waals surface area contributed by atoms with Crippen LogP contribution < -0.4 is 5.32 Å².